The van der Waals surface area contributed by atoms with Crippen molar-refractivity contribution in [2.24, 2.45) is 5.41 Å². The quantitative estimate of drug-likeness (QED) is 0.639. The summed E-state index contributed by atoms with van der Waals surface area (Å²) in [4.78, 5) is 0. The predicted molar refractivity (Wildman–Crippen MR) is 38.8 cm³/mol. The van der Waals surface area contributed by atoms with Crippen LogP contribution in [0.3, 0.4) is 0 Å². The van der Waals surface area contributed by atoms with Gasteiger partial charge in [0.05, 0.1) is 24.5 Å². The van der Waals surface area contributed by atoms with E-state index in [4.69, 9.17) is 10.00 Å². The van der Waals surface area contributed by atoms with E-state index < -0.39 is 18.0 Å². The molecular weight excluding hydrogens is 183 g/mol. The highest BCUT2D eigenvalue weighted by atomic mass is 19.4. The van der Waals surface area contributed by atoms with Crippen LogP contribution in [0.5, 0.6) is 0 Å². The van der Waals surface area contributed by atoms with Gasteiger partial charge in [0.15, 0.2) is 0 Å². The van der Waals surface area contributed by atoms with Crippen LogP contribution in [0, 0.1) is 16.7 Å². The minimum atomic E-state index is -4.28. The van der Waals surface area contributed by atoms with Crippen molar-refractivity contribution in [1.29, 1.82) is 5.26 Å². The van der Waals surface area contributed by atoms with Crippen molar-refractivity contribution in [1.82, 2.24) is 0 Å². The molecule has 0 aromatic carbocycles. The third kappa shape index (κ3) is 2.88. The van der Waals surface area contributed by atoms with E-state index in [0.717, 1.165) is 0 Å². The summed E-state index contributed by atoms with van der Waals surface area (Å²) >= 11 is 0. The van der Waals surface area contributed by atoms with Crippen molar-refractivity contribution >= 4 is 0 Å². The fraction of sp³-hybridized carbons (Fsp3) is 0.875. The SMILES string of the molecule is N#CC1(CC(F)(F)F)CCCOC1. The average molecular weight is 193 g/mol. The molecule has 0 bridgehead atoms. The van der Waals surface area contributed by atoms with Gasteiger partial charge in [-0.25, -0.2) is 0 Å². The first-order valence-electron chi connectivity index (χ1n) is 4.03. The molecular formula is C8H10F3NO. The molecule has 0 aliphatic carbocycles. The van der Waals surface area contributed by atoms with Crippen LogP contribution in [0.15, 0.2) is 0 Å². The summed E-state index contributed by atoms with van der Waals surface area (Å²) in [5, 5.41) is 8.67. The molecule has 1 heterocycles. The van der Waals surface area contributed by atoms with Crippen LogP contribution < -0.4 is 0 Å². The number of hydrogen-bond acceptors (Lipinski definition) is 2. The molecule has 0 N–H and O–H groups in total. The zero-order chi connectivity index (χ0) is 9.95. The van der Waals surface area contributed by atoms with Crippen LogP contribution in [-0.4, -0.2) is 19.4 Å². The molecule has 0 aromatic heterocycles. The smallest absolute Gasteiger partial charge is 0.380 e. The van der Waals surface area contributed by atoms with Crippen LogP contribution in [0.1, 0.15) is 19.3 Å². The molecule has 1 rings (SSSR count). The van der Waals surface area contributed by atoms with E-state index in [-0.39, 0.29) is 13.0 Å². The summed E-state index contributed by atoms with van der Waals surface area (Å²) in [5.41, 5.74) is -1.34. The van der Waals surface area contributed by atoms with Gasteiger partial charge < -0.3 is 4.74 Å². The fourth-order valence-corrected chi connectivity index (χ4v) is 1.50. The monoisotopic (exact) mass is 193 g/mol. The van der Waals surface area contributed by atoms with Gasteiger partial charge in [0, 0.05) is 6.61 Å². The standard InChI is InChI=1S/C8H10F3NO/c9-8(10,11)4-7(5-12)2-1-3-13-6-7/h1-4,6H2. The summed E-state index contributed by atoms with van der Waals surface area (Å²) in [6, 6.07) is 1.73. The van der Waals surface area contributed by atoms with Crippen molar-refractivity contribution in [2.75, 3.05) is 13.2 Å². The highest BCUT2D eigenvalue weighted by Gasteiger charge is 2.44. The number of nitriles is 1. The summed E-state index contributed by atoms with van der Waals surface area (Å²) in [6.45, 7) is 0.365. The largest absolute Gasteiger partial charge is 0.390 e. The number of alkyl halides is 3. The number of rotatable bonds is 1. The van der Waals surface area contributed by atoms with Gasteiger partial charge in [-0.1, -0.05) is 0 Å². The predicted octanol–water partition coefficient (Wildman–Crippen LogP) is 2.26. The second-order valence-corrected chi connectivity index (χ2v) is 3.34. The van der Waals surface area contributed by atoms with Crippen LogP contribution in [0.25, 0.3) is 0 Å². The number of hydrogen-bond donors (Lipinski definition) is 0. The first-order valence-corrected chi connectivity index (χ1v) is 4.03. The molecule has 2 nitrogen and oxygen atoms in total. The number of ether oxygens (including phenoxy) is 1. The molecule has 1 saturated heterocycles. The maximum Gasteiger partial charge on any atom is 0.390 e. The molecule has 0 aromatic rings. The van der Waals surface area contributed by atoms with Gasteiger partial charge in [0.1, 0.15) is 0 Å². The molecule has 1 aliphatic rings. The molecule has 0 saturated carbocycles. The molecule has 1 aliphatic heterocycles. The number of halogens is 3. The van der Waals surface area contributed by atoms with E-state index in [2.05, 4.69) is 0 Å². The Morgan fingerprint density at radius 2 is 2.15 bits per heavy atom. The molecule has 13 heavy (non-hydrogen) atoms. The molecule has 0 radical (unpaired) electrons. The zero-order valence-corrected chi connectivity index (χ0v) is 7.02. The van der Waals surface area contributed by atoms with Gasteiger partial charge in [0.2, 0.25) is 0 Å². The van der Waals surface area contributed by atoms with Gasteiger partial charge in [0.25, 0.3) is 0 Å². The zero-order valence-electron chi connectivity index (χ0n) is 7.02. The minimum Gasteiger partial charge on any atom is -0.380 e. The lowest BCUT2D eigenvalue weighted by Gasteiger charge is -2.30. The molecule has 5 heteroatoms. The first-order chi connectivity index (χ1) is 5.97. The van der Waals surface area contributed by atoms with Crippen molar-refractivity contribution < 1.29 is 17.9 Å². The van der Waals surface area contributed by atoms with E-state index in [0.29, 0.717) is 13.0 Å². The van der Waals surface area contributed by atoms with Crippen LogP contribution in [0.4, 0.5) is 13.2 Å². The Bertz CT molecular complexity index is 212. The molecule has 1 unspecified atom stereocenters. The maximum atomic E-state index is 12.1. The minimum absolute atomic E-state index is 0.0942. The Kier molecular flexibility index (Phi) is 2.81. The van der Waals surface area contributed by atoms with Crippen molar-refractivity contribution in [3.63, 3.8) is 0 Å². The lowest BCUT2D eigenvalue weighted by Crippen LogP contribution is -2.35. The first kappa shape index (κ1) is 10.3. The normalized spacial score (nSPS) is 29.7. The lowest BCUT2D eigenvalue weighted by atomic mass is 9.81. The van der Waals surface area contributed by atoms with Gasteiger partial charge >= 0.3 is 6.18 Å². The van der Waals surface area contributed by atoms with Gasteiger partial charge in [-0.15, -0.1) is 0 Å². The molecule has 0 amide bonds. The molecule has 1 fully saturated rings. The topological polar surface area (TPSA) is 33.0 Å². The molecule has 74 valence electrons. The van der Waals surface area contributed by atoms with Crippen molar-refractivity contribution in [3.8, 4) is 6.07 Å². The number of nitrogens with zero attached hydrogens (tertiary/aromatic N) is 1. The lowest BCUT2D eigenvalue weighted by molar-refractivity contribution is -0.164. The van der Waals surface area contributed by atoms with E-state index in [1.54, 1.807) is 6.07 Å². The van der Waals surface area contributed by atoms with Crippen LogP contribution >= 0.6 is 0 Å². The summed E-state index contributed by atoms with van der Waals surface area (Å²) in [7, 11) is 0. The molecule has 1 atom stereocenters. The summed E-state index contributed by atoms with van der Waals surface area (Å²) in [6.07, 6.45) is -4.53. The van der Waals surface area contributed by atoms with Crippen LogP contribution in [-0.2, 0) is 4.74 Å². The highest BCUT2D eigenvalue weighted by molar-refractivity contribution is 5.01. The van der Waals surface area contributed by atoms with Crippen molar-refractivity contribution in [3.05, 3.63) is 0 Å². The Hall–Kier alpha value is -0.760. The Balaban J connectivity index is 2.65. The average Bonchev–Trinajstić information content (AvgIpc) is 2.03. The summed E-state index contributed by atoms with van der Waals surface area (Å²) in [5.74, 6) is 0. The van der Waals surface area contributed by atoms with E-state index in [9.17, 15) is 13.2 Å². The second-order valence-electron chi connectivity index (χ2n) is 3.34. The summed E-state index contributed by atoms with van der Waals surface area (Å²) < 4.78 is 41.1. The molecule has 0 spiro atoms. The van der Waals surface area contributed by atoms with E-state index >= 15 is 0 Å². The van der Waals surface area contributed by atoms with E-state index in [1.165, 1.54) is 0 Å². The fourth-order valence-electron chi connectivity index (χ4n) is 1.50. The Morgan fingerprint density at radius 3 is 2.54 bits per heavy atom. The van der Waals surface area contributed by atoms with Gasteiger partial charge in [-0.2, -0.15) is 18.4 Å². The second kappa shape index (κ2) is 3.54. The van der Waals surface area contributed by atoms with E-state index in [1.807, 2.05) is 0 Å². The van der Waals surface area contributed by atoms with Crippen molar-refractivity contribution in [2.45, 2.75) is 25.4 Å². The third-order valence-corrected chi connectivity index (χ3v) is 2.10. The van der Waals surface area contributed by atoms with Gasteiger partial charge in [-0.3, -0.25) is 0 Å². The highest BCUT2D eigenvalue weighted by Crippen LogP contribution is 2.38. The van der Waals surface area contributed by atoms with Gasteiger partial charge in [-0.05, 0) is 12.8 Å². The van der Waals surface area contributed by atoms with Crippen LogP contribution in [0.2, 0.25) is 0 Å². The Morgan fingerprint density at radius 1 is 1.46 bits per heavy atom. The third-order valence-electron chi connectivity index (χ3n) is 2.10. The Labute approximate surface area is 74.3 Å². The maximum absolute atomic E-state index is 12.1.